The van der Waals surface area contributed by atoms with Crippen LogP contribution in [0.1, 0.15) is 34.2 Å². The average Bonchev–Trinajstić information content (AvgIpc) is 3.15. The third kappa shape index (κ3) is 5.06. The fourth-order valence-corrected chi connectivity index (χ4v) is 5.06. The van der Waals surface area contributed by atoms with Crippen LogP contribution in [0.5, 0.6) is 0 Å². The van der Waals surface area contributed by atoms with Gasteiger partial charge in [0, 0.05) is 36.8 Å². The van der Waals surface area contributed by atoms with Gasteiger partial charge in [0.2, 0.25) is 0 Å². The van der Waals surface area contributed by atoms with Gasteiger partial charge >= 0.3 is 6.18 Å². The molecule has 190 valence electrons. The summed E-state index contributed by atoms with van der Waals surface area (Å²) in [7, 11) is 0. The van der Waals surface area contributed by atoms with Crippen LogP contribution in [0.25, 0.3) is 11.1 Å². The number of likely N-dealkylation sites (N-methyl/N-ethyl adjacent to an activating group) is 1. The van der Waals surface area contributed by atoms with Crippen LogP contribution in [-0.2, 0) is 17.5 Å². The van der Waals surface area contributed by atoms with Crippen molar-refractivity contribution in [3.63, 3.8) is 0 Å². The minimum Gasteiger partial charge on any atom is -0.334 e. The van der Waals surface area contributed by atoms with Gasteiger partial charge in [0.15, 0.2) is 0 Å². The van der Waals surface area contributed by atoms with Crippen molar-refractivity contribution in [3.8, 4) is 11.1 Å². The molecule has 1 atom stereocenters. The SMILES string of the molecule is CCN1CCN(C(=O)c2c(-c3ccc(Cl)cc3)c(C)c(C(F)(F)F)n2Cc2ccccc2)CC1C=O. The molecule has 4 rings (SSSR count). The number of benzene rings is 2. The van der Waals surface area contributed by atoms with Crippen LogP contribution in [0, 0.1) is 6.92 Å². The molecule has 1 aliphatic rings. The summed E-state index contributed by atoms with van der Waals surface area (Å²) in [6.45, 7) is 4.73. The largest absolute Gasteiger partial charge is 0.431 e. The Morgan fingerprint density at radius 1 is 1.08 bits per heavy atom. The van der Waals surface area contributed by atoms with Crippen LogP contribution in [0.15, 0.2) is 54.6 Å². The predicted molar refractivity (Wildman–Crippen MR) is 133 cm³/mol. The molecular weight excluding hydrogens is 491 g/mol. The summed E-state index contributed by atoms with van der Waals surface area (Å²) in [6, 6.07) is 14.7. The predicted octanol–water partition coefficient (Wildman–Crippen LogP) is 5.53. The van der Waals surface area contributed by atoms with Gasteiger partial charge in [-0.15, -0.1) is 0 Å². The second-order valence-electron chi connectivity index (χ2n) is 8.86. The van der Waals surface area contributed by atoms with Crippen molar-refractivity contribution in [3.05, 3.63) is 82.1 Å². The number of nitrogens with zero attached hydrogens (tertiary/aromatic N) is 3. The van der Waals surface area contributed by atoms with E-state index in [1.165, 1.54) is 11.8 Å². The molecular formula is C27H27ClF3N3O2. The molecule has 0 radical (unpaired) electrons. The van der Waals surface area contributed by atoms with Crippen molar-refractivity contribution in [2.45, 2.75) is 32.6 Å². The number of hydrogen-bond acceptors (Lipinski definition) is 3. The van der Waals surface area contributed by atoms with Gasteiger partial charge in [0.25, 0.3) is 5.91 Å². The van der Waals surface area contributed by atoms with E-state index in [0.717, 1.165) is 10.9 Å². The Balaban J connectivity index is 1.92. The number of hydrogen-bond donors (Lipinski definition) is 0. The van der Waals surface area contributed by atoms with E-state index < -0.39 is 23.8 Å². The Hall–Kier alpha value is -3.10. The van der Waals surface area contributed by atoms with E-state index in [4.69, 9.17) is 11.6 Å². The number of amides is 1. The Morgan fingerprint density at radius 3 is 2.33 bits per heavy atom. The molecule has 1 unspecified atom stereocenters. The van der Waals surface area contributed by atoms with Crippen molar-refractivity contribution in [2.75, 3.05) is 26.2 Å². The molecule has 1 amide bonds. The van der Waals surface area contributed by atoms with Crippen LogP contribution in [0.4, 0.5) is 13.2 Å². The molecule has 1 fully saturated rings. The van der Waals surface area contributed by atoms with E-state index in [9.17, 15) is 22.8 Å². The monoisotopic (exact) mass is 517 g/mol. The lowest BCUT2D eigenvalue weighted by Crippen LogP contribution is -2.55. The maximum atomic E-state index is 14.5. The second kappa shape index (κ2) is 10.5. The Bertz CT molecular complexity index is 1240. The van der Waals surface area contributed by atoms with E-state index in [1.54, 1.807) is 54.6 Å². The Labute approximate surface area is 213 Å². The normalized spacial score (nSPS) is 16.8. The highest BCUT2D eigenvalue weighted by Gasteiger charge is 2.42. The standard InChI is InChI=1S/C27H27ClF3N3O2/c1-3-32-13-14-33(16-22(32)17-35)26(36)24-23(20-9-11-21(28)12-10-20)18(2)25(27(29,30)31)34(24)15-19-7-5-4-6-8-19/h4-12,17,22H,3,13-16H2,1-2H3. The number of rotatable bonds is 6. The molecule has 9 heteroatoms. The summed E-state index contributed by atoms with van der Waals surface area (Å²) in [4.78, 5) is 29.1. The van der Waals surface area contributed by atoms with Crippen LogP contribution in [0.3, 0.4) is 0 Å². The molecule has 0 saturated carbocycles. The zero-order valence-corrected chi connectivity index (χ0v) is 20.8. The van der Waals surface area contributed by atoms with E-state index in [1.807, 2.05) is 11.8 Å². The van der Waals surface area contributed by atoms with E-state index in [0.29, 0.717) is 35.8 Å². The maximum Gasteiger partial charge on any atom is 0.431 e. The van der Waals surface area contributed by atoms with E-state index in [2.05, 4.69) is 0 Å². The highest BCUT2D eigenvalue weighted by atomic mass is 35.5. The zero-order valence-electron chi connectivity index (χ0n) is 20.1. The minimum atomic E-state index is -4.69. The topological polar surface area (TPSA) is 45.5 Å². The summed E-state index contributed by atoms with van der Waals surface area (Å²) in [5.74, 6) is -0.530. The quantitative estimate of drug-likeness (QED) is 0.404. The van der Waals surface area contributed by atoms with Gasteiger partial charge in [-0.2, -0.15) is 13.2 Å². The van der Waals surface area contributed by atoms with Crippen LogP contribution in [-0.4, -0.2) is 58.8 Å². The van der Waals surface area contributed by atoms with Gasteiger partial charge < -0.3 is 14.3 Å². The minimum absolute atomic E-state index is 0.0248. The van der Waals surface area contributed by atoms with Gasteiger partial charge in [-0.25, -0.2) is 0 Å². The van der Waals surface area contributed by atoms with Gasteiger partial charge in [-0.3, -0.25) is 9.69 Å². The fraction of sp³-hybridized carbons (Fsp3) is 0.333. The number of aldehydes is 1. The van der Waals surface area contributed by atoms with Gasteiger partial charge in [-0.1, -0.05) is 61.0 Å². The molecule has 2 heterocycles. The number of halogens is 4. The molecule has 1 aliphatic heterocycles. The molecule has 0 spiro atoms. The average molecular weight is 518 g/mol. The lowest BCUT2D eigenvalue weighted by molar-refractivity contribution is -0.143. The molecule has 2 aromatic carbocycles. The van der Waals surface area contributed by atoms with Crippen LogP contribution < -0.4 is 0 Å². The Kier molecular flexibility index (Phi) is 7.57. The number of alkyl halides is 3. The molecule has 0 bridgehead atoms. The highest BCUT2D eigenvalue weighted by molar-refractivity contribution is 6.30. The van der Waals surface area contributed by atoms with E-state index in [-0.39, 0.29) is 29.9 Å². The van der Waals surface area contributed by atoms with Crippen molar-refractivity contribution >= 4 is 23.8 Å². The summed E-state index contributed by atoms with van der Waals surface area (Å²) in [5, 5.41) is 0.438. The number of piperazine rings is 1. The van der Waals surface area contributed by atoms with Crippen molar-refractivity contribution in [1.29, 1.82) is 0 Å². The number of aromatic nitrogens is 1. The van der Waals surface area contributed by atoms with Gasteiger partial charge in [-0.05, 0) is 42.3 Å². The molecule has 0 aliphatic carbocycles. The summed E-state index contributed by atoms with van der Waals surface area (Å²) < 4.78 is 44.5. The first-order valence-corrected chi connectivity index (χ1v) is 12.1. The zero-order chi connectivity index (χ0) is 26.0. The maximum absolute atomic E-state index is 14.5. The lowest BCUT2D eigenvalue weighted by atomic mass is 10.00. The third-order valence-electron chi connectivity index (χ3n) is 6.68. The molecule has 0 N–H and O–H groups in total. The summed E-state index contributed by atoms with van der Waals surface area (Å²) in [6.07, 6.45) is -3.90. The van der Waals surface area contributed by atoms with Gasteiger partial charge in [0.1, 0.15) is 17.7 Å². The molecule has 3 aromatic rings. The van der Waals surface area contributed by atoms with Crippen molar-refractivity contribution in [2.24, 2.45) is 0 Å². The van der Waals surface area contributed by atoms with Crippen molar-refractivity contribution < 1.29 is 22.8 Å². The summed E-state index contributed by atoms with van der Waals surface area (Å²) >= 11 is 6.04. The van der Waals surface area contributed by atoms with E-state index >= 15 is 0 Å². The van der Waals surface area contributed by atoms with Crippen molar-refractivity contribution in [1.82, 2.24) is 14.4 Å². The third-order valence-corrected chi connectivity index (χ3v) is 6.93. The van der Waals surface area contributed by atoms with Crippen LogP contribution in [0.2, 0.25) is 5.02 Å². The number of carbonyl (C=O) groups is 2. The lowest BCUT2D eigenvalue weighted by Gasteiger charge is -2.38. The smallest absolute Gasteiger partial charge is 0.334 e. The molecule has 1 saturated heterocycles. The number of carbonyl (C=O) groups excluding carboxylic acids is 2. The summed E-state index contributed by atoms with van der Waals surface area (Å²) in [5.41, 5.74) is 0.399. The first-order chi connectivity index (χ1) is 17.2. The first-order valence-electron chi connectivity index (χ1n) is 11.7. The molecule has 5 nitrogen and oxygen atoms in total. The van der Waals surface area contributed by atoms with Crippen LogP contribution >= 0.6 is 11.6 Å². The molecule has 36 heavy (non-hydrogen) atoms. The first kappa shape index (κ1) is 26.0. The fourth-order valence-electron chi connectivity index (χ4n) is 4.93. The highest BCUT2D eigenvalue weighted by Crippen LogP contribution is 2.42. The molecule has 1 aromatic heterocycles. The second-order valence-corrected chi connectivity index (χ2v) is 9.29. The van der Waals surface area contributed by atoms with Gasteiger partial charge in [0.05, 0.1) is 6.04 Å². The Morgan fingerprint density at radius 2 is 1.75 bits per heavy atom.